The van der Waals surface area contributed by atoms with Gasteiger partial charge in [-0.15, -0.1) is 24.0 Å². The zero-order valence-corrected chi connectivity index (χ0v) is 18.7. The summed E-state index contributed by atoms with van der Waals surface area (Å²) in [6.45, 7) is 10.6. The van der Waals surface area contributed by atoms with Crippen LogP contribution in [-0.4, -0.2) is 65.9 Å². The molecular weight excluding hydrogens is 453 g/mol. The molecule has 1 aliphatic heterocycles. The molecule has 148 valence electrons. The predicted molar refractivity (Wildman–Crippen MR) is 122 cm³/mol. The Morgan fingerprint density at radius 2 is 1.85 bits per heavy atom. The Bertz CT molecular complexity index is 793. The number of H-pyrrole nitrogens is 1. The van der Waals surface area contributed by atoms with Crippen LogP contribution in [0.4, 0.5) is 0 Å². The first-order valence-electron chi connectivity index (χ1n) is 9.45. The molecule has 1 aliphatic rings. The summed E-state index contributed by atoms with van der Waals surface area (Å²) in [5, 5.41) is 4.68. The lowest BCUT2D eigenvalue weighted by Crippen LogP contribution is -2.53. The third-order valence-electron chi connectivity index (χ3n) is 5.01. The average molecular weight is 483 g/mol. The predicted octanol–water partition coefficient (Wildman–Crippen LogP) is 2.77. The molecule has 1 saturated heterocycles. The lowest BCUT2D eigenvalue weighted by Gasteiger charge is -2.36. The number of piperazine rings is 1. The lowest BCUT2D eigenvalue weighted by molar-refractivity contribution is -0.130. The van der Waals surface area contributed by atoms with Crippen molar-refractivity contribution >= 4 is 46.7 Å². The molecular formula is C20H30IN5O. The van der Waals surface area contributed by atoms with E-state index in [1.165, 1.54) is 22.2 Å². The number of aromatic nitrogens is 1. The van der Waals surface area contributed by atoms with E-state index in [1.54, 1.807) is 6.92 Å². The van der Waals surface area contributed by atoms with Crippen molar-refractivity contribution in [3.63, 3.8) is 0 Å². The topological polar surface area (TPSA) is 63.7 Å². The van der Waals surface area contributed by atoms with Crippen LogP contribution in [0.2, 0.25) is 0 Å². The van der Waals surface area contributed by atoms with Gasteiger partial charge in [-0.25, -0.2) is 0 Å². The number of guanidine groups is 1. The maximum Gasteiger partial charge on any atom is 0.219 e. The molecule has 3 rings (SSSR count). The molecule has 1 amide bonds. The first-order chi connectivity index (χ1) is 12.6. The smallest absolute Gasteiger partial charge is 0.219 e. The van der Waals surface area contributed by atoms with Gasteiger partial charge in [0.05, 0.1) is 0 Å². The van der Waals surface area contributed by atoms with Crippen LogP contribution in [0, 0.1) is 6.92 Å². The number of carbonyl (C=O) groups is 1. The van der Waals surface area contributed by atoms with Gasteiger partial charge in [-0.2, -0.15) is 0 Å². The van der Waals surface area contributed by atoms with Gasteiger partial charge in [0.25, 0.3) is 0 Å². The molecule has 0 spiro atoms. The molecule has 0 saturated carbocycles. The summed E-state index contributed by atoms with van der Waals surface area (Å²) in [5.41, 5.74) is 3.76. The van der Waals surface area contributed by atoms with Crippen molar-refractivity contribution in [1.82, 2.24) is 20.1 Å². The van der Waals surface area contributed by atoms with E-state index in [2.05, 4.69) is 53.3 Å². The quantitative estimate of drug-likeness (QED) is 0.400. The first-order valence-corrected chi connectivity index (χ1v) is 9.45. The summed E-state index contributed by atoms with van der Waals surface area (Å²) < 4.78 is 0. The van der Waals surface area contributed by atoms with E-state index in [0.29, 0.717) is 0 Å². The number of carbonyl (C=O) groups excluding carboxylic acids is 1. The monoisotopic (exact) mass is 483 g/mol. The van der Waals surface area contributed by atoms with Gasteiger partial charge in [0.1, 0.15) is 0 Å². The number of aryl methyl sites for hydroxylation is 1. The highest BCUT2D eigenvalue weighted by molar-refractivity contribution is 14.0. The molecule has 1 aromatic carbocycles. The van der Waals surface area contributed by atoms with Crippen LogP contribution in [0.1, 0.15) is 25.1 Å². The van der Waals surface area contributed by atoms with Crippen LogP contribution in [0.3, 0.4) is 0 Å². The average Bonchev–Trinajstić information content (AvgIpc) is 2.96. The summed E-state index contributed by atoms with van der Waals surface area (Å²) in [6, 6.07) is 8.43. The number of halogens is 1. The number of aromatic amines is 1. The number of hydrogen-bond acceptors (Lipinski definition) is 2. The van der Waals surface area contributed by atoms with Gasteiger partial charge in [0, 0.05) is 62.8 Å². The van der Waals surface area contributed by atoms with Crippen molar-refractivity contribution in [1.29, 1.82) is 0 Å². The molecule has 27 heavy (non-hydrogen) atoms. The number of amides is 1. The minimum atomic E-state index is 0. The Hall–Kier alpha value is -1.77. The molecule has 0 atom stereocenters. The van der Waals surface area contributed by atoms with Crippen molar-refractivity contribution in [2.24, 2.45) is 4.99 Å². The van der Waals surface area contributed by atoms with Gasteiger partial charge in [0.2, 0.25) is 5.91 Å². The van der Waals surface area contributed by atoms with Crippen molar-refractivity contribution in [3.8, 4) is 0 Å². The molecule has 1 aromatic heterocycles. The van der Waals surface area contributed by atoms with Gasteiger partial charge in [0.15, 0.2) is 5.96 Å². The second kappa shape index (κ2) is 9.96. The number of nitrogens with one attached hydrogen (secondary N) is 2. The number of benzene rings is 1. The second-order valence-corrected chi connectivity index (χ2v) is 6.75. The highest BCUT2D eigenvalue weighted by Crippen LogP contribution is 2.22. The minimum absolute atomic E-state index is 0. The third-order valence-corrected chi connectivity index (χ3v) is 5.01. The summed E-state index contributed by atoms with van der Waals surface area (Å²) in [5.74, 6) is 1.11. The highest BCUT2D eigenvalue weighted by Gasteiger charge is 2.20. The van der Waals surface area contributed by atoms with Crippen LogP contribution in [0.5, 0.6) is 0 Å². The molecule has 6 nitrogen and oxygen atoms in total. The normalized spacial score (nSPS) is 15.0. The van der Waals surface area contributed by atoms with Crippen molar-refractivity contribution in [2.75, 3.05) is 39.3 Å². The number of rotatable bonds is 4. The van der Waals surface area contributed by atoms with Gasteiger partial charge < -0.3 is 20.1 Å². The van der Waals surface area contributed by atoms with E-state index in [1.807, 2.05) is 4.90 Å². The van der Waals surface area contributed by atoms with Crippen LogP contribution in [0.25, 0.3) is 10.9 Å². The van der Waals surface area contributed by atoms with Crippen LogP contribution < -0.4 is 5.32 Å². The molecule has 2 heterocycles. The van der Waals surface area contributed by atoms with Gasteiger partial charge in [-0.3, -0.25) is 9.79 Å². The van der Waals surface area contributed by atoms with Crippen molar-refractivity contribution in [2.45, 2.75) is 27.2 Å². The molecule has 0 aliphatic carbocycles. The van der Waals surface area contributed by atoms with Crippen molar-refractivity contribution < 1.29 is 4.79 Å². The van der Waals surface area contributed by atoms with Gasteiger partial charge in [-0.05, 0) is 31.9 Å². The van der Waals surface area contributed by atoms with E-state index in [4.69, 9.17) is 4.99 Å². The fourth-order valence-electron chi connectivity index (χ4n) is 3.59. The minimum Gasteiger partial charge on any atom is -0.358 e. The first kappa shape index (κ1) is 21.5. The number of fused-ring (bicyclic) bond motifs is 1. The van der Waals surface area contributed by atoms with Crippen LogP contribution in [0.15, 0.2) is 29.3 Å². The maximum absolute atomic E-state index is 11.5. The SMILES string of the molecule is CCNC(=NCCc1c(C)[nH]c2ccccc12)N1CCN(C(C)=O)CC1.I. The van der Waals surface area contributed by atoms with Gasteiger partial charge >= 0.3 is 0 Å². The molecule has 7 heteroatoms. The van der Waals surface area contributed by atoms with Crippen LogP contribution >= 0.6 is 24.0 Å². The Balaban J connectivity index is 0.00000261. The third kappa shape index (κ3) is 5.15. The summed E-state index contributed by atoms with van der Waals surface area (Å²) in [7, 11) is 0. The summed E-state index contributed by atoms with van der Waals surface area (Å²) >= 11 is 0. The number of hydrogen-bond donors (Lipinski definition) is 2. The van der Waals surface area contributed by atoms with Gasteiger partial charge in [-0.1, -0.05) is 18.2 Å². The Labute approximate surface area is 178 Å². The lowest BCUT2D eigenvalue weighted by atomic mass is 10.1. The Morgan fingerprint density at radius 3 is 2.52 bits per heavy atom. The molecule has 0 bridgehead atoms. The summed E-state index contributed by atoms with van der Waals surface area (Å²) in [4.78, 5) is 24.0. The Morgan fingerprint density at radius 1 is 1.19 bits per heavy atom. The second-order valence-electron chi connectivity index (χ2n) is 6.75. The zero-order chi connectivity index (χ0) is 18.5. The molecule has 0 unspecified atom stereocenters. The maximum atomic E-state index is 11.5. The van der Waals surface area contributed by atoms with E-state index >= 15 is 0 Å². The molecule has 2 N–H and O–H groups in total. The van der Waals surface area contributed by atoms with E-state index in [-0.39, 0.29) is 29.9 Å². The van der Waals surface area contributed by atoms with Crippen LogP contribution in [-0.2, 0) is 11.2 Å². The highest BCUT2D eigenvalue weighted by atomic mass is 127. The molecule has 2 aromatic rings. The number of nitrogens with zero attached hydrogens (tertiary/aromatic N) is 3. The van der Waals surface area contributed by atoms with E-state index < -0.39 is 0 Å². The zero-order valence-electron chi connectivity index (χ0n) is 16.4. The largest absolute Gasteiger partial charge is 0.358 e. The summed E-state index contributed by atoms with van der Waals surface area (Å²) in [6.07, 6.45) is 0.915. The Kier molecular flexibility index (Phi) is 7.94. The van der Waals surface area contributed by atoms with E-state index in [9.17, 15) is 4.79 Å². The molecule has 1 fully saturated rings. The van der Waals surface area contributed by atoms with Crippen molar-refractivity contribution in [3.05, 3.63) is 35.5 Å². The fraction of sp³-hybridized carbons (Fsp3) is 0.500. The number of aliphatic imine (C=N–C) groups is 1. The molecule has 0 radical (unpaired) electrons. The standard InChI is InChI=1S/C20H29N5O.HI/c1-4-21-20(25-13-11-24(12-14-25)16(3)26)22-10-9-17-15(2)23-19-8-6-5-7-18(17)19;/h5-8,23H,4,9-14H2,1-3H3,(H,21,22);1H. The van der Waals surface area contributed by atoms with E-state index in [0.717, 1.165) is 51.6 Å². The fourth-order valence-corrected chi connectivity index (χ4v) is 3.59. The number of para-hydroxylation sites is 1.